The molecule has 0 fully saturated rings. The fourth-order valence-electron chi connectivity index (χ4n) is 1.77. The zero-order valence-electron chi connectivity index (χ0n) is 9.80. The van der Waals surface area contributed by atoms with Gasteiger partial charge in [-0.3, -0.25) is 0 Å². The summed E-state index contributed by atoms with van der Waals surface area (Å²) in [7, 11) is 0. The molecule has 0 saturated carbocycles. The maximum absolute atomic E-state index is 8.67. The smallest absolute Gasteiger partial charge is 0.188 e. The van der Waals surface area contributed by atoms with E-state index in [0.717, 1.165) is 11.0 Å². The van der Waals surface area contributed by atoms with Crippen molar-refractivity contribution in [2.75, 3.05) is 0 Å². The summed E-state index contributed by atoms with van der Waals surface area (Å²) in [5, 5.41) is 19.7. The molecule has 0 atom stereocenters. The van der Waals surface area contributed by atoms with Gasteiger partial charge in [0.1, 0.15) is 11.2 Å². The van der Waals surface area contributed by atoms with Gasteiger partial charge in [0.05, 0.1) is 5.52 Å². The Kier molecular flexibility index (Phi) is 2.57. The number of fused-ring (bicyclic) bond motifs is 1. The third kappa shape index (κ3) is 1.86. The van der Waals surface area contributed by atoms with Crippen molar-refractivity contribution in [3.05, 3.63) is 48.2 Å². The Morgan fingerprint density at radius 2 is 2.00 bits per heavy atom. The van der Waals surface area contributed by atoms with Gasteiger partial charge in [0.2, 0.25) is 0 Å². The van der Waals surface area contributed by atoms with E-state index in [1.165, 1.54) is 0 Å². The number of rotatable bonds is 2. The normalized spacial score (nSPS) is 11.9. The summed E-state index contributed by atoms with van der Waals surface area (Å²) in [5.74, 6) is 0.504. The summed E-state index contributed by atoms with van der Waals surface area (Å²) in [6.07, 6.45) is 0. The lowest BCUT2D eigenvalue weighted by Gasteiger charge is -2.03. The third-order valence-corrected chi connectivity index (χ3v) is 2.67. The van der Waals surface area contributed by atoms with Crippen LogP contribution in [-0.4, -0.2) is 31.0 Å². The highest BCUT2D eigenvalue weighted by Crippen LogP contribution is 2.14. The van der Waals surface area contributed by atoms with E-state index in [9.17, 15) is 0 Å². The number of benzene rings is 1. The number of hydrogen-bond acceptors (Lipinski definition) is 5. The molecule has 94 valence electrons. The van der Waals surface area contributed by atoms with E-state index in [-0.39, 0.29) is 5.84 Å². The van der Waals surface area contributed by atoms with Crippen molar-refractivity contribution in [1.29, 1.82) is 0 Å². The molecule has 19 heavy (non-hydrogen) atoms. The molecule has 0 amide bonds. The SMILES string of the molecule is NC(=NO)c1cccc(-n2nnc3ccccc32)n1. The van der Waals surface area contributed by atoms with Gasteiger partial charge >= 0.3 is 0 Å². The minimum atomic E-state index is -0.0497. The fraction of sp³-hybridized carbons (Fsp3) is 0. The van der Waals surface area contributed by atoms with Gasteiger partial charge in [-0.25, -0.2) is 4.98 Å². The van der Waals surface area contributed by atoms with Crippen LogP contribution < -0.4 is 5.73 Å². The van der Waals surface area contributed by atoms with Crippen LogP contribution in [-0.2, 0) is 0 Å². The summed E-state index contributed by atoms with van der Waals surface area (Å²) >= 11 is 0. The summed E-state index contributed by atoms with van der Waals surface area (Å²) in [6, 6.07) is 12.7. The quantitative estimate of drug-likeness (QED) is 0.306. The van der Waals surface area contributed by atoms with Crippen molar-refractivity contribution in [3.8, 4) is 5.82 Å². The highest BCUT2D eigenvalue weighted by Gasteiger charge is 2.08. The highest BCUT2D eigenvalue weighted by molar-refractivity contribution is 5.95. The second-order valence-electron chi connectivity index (χ2n) is 3.86. The van der Waals surface area contributed by atoms with Crippen LogP contribution in [0.3, 0.4) is 0 Å². The van der Waals surface area contributed by atoms with E-state index in [2.05, 4.69) is 20.5 Å². The minimum Gasteiger partial charge on any atom is -0.409 e. The van der Waals surface area contributed by atoms with Crippen molar-refractivity contribution < 1.29 is 5.21 Å². The number of nitrogens with two attached hydrogens (primary N) is 1. The van der Waals surface area contributed by atoms with E-state index in [1.54, 1.807) is 22.9 Å². The topological polar surface area (TPSA) is 102 Å². The van der Waals surface area contributed by atoms with Crippen LogP contribution in [0, 0.1) is 0 Å². The molecule has 0 radical (unpaired) electrons. The van der Waals surface area contributed by atoms with E-state index < -0.39 is 0 Å². The molecule has 0 aliphatic rings. The van der Waals surface area contributed by atoms with Crippen LogP contribution in [0.15, 0.2) is 47.6 Å². The minimum absolute atomic E-state index is 0.0497. The lowest BCUT2D eigenvalue weighted by molar-refractivity contribution is 0.318. The lowest BCUT2D eigenvalue weighted by atomic mass is 10.3. The monoisotopic (exact) mass is 254 g/mol. The summed E-state index contributed by atoms with van der Waals surface area (Å²) in [6.45, 7) is 0. The molecular weight excluding hydrogens is 244 g/mol. The first-order valence-corrected chi connectivity index (χ1v) is 5.55. The summed E-state index contributed by atoms with van der Waals surface area (Å²) < 4.78 is 1.60. The molecule has 7 nitrogen and oxygen atoms in total. The average molecular weight is 254 g/mol. The van der Waals surface area contributed by atoms with Crippen molar-refractivity contribution in [3.63, 3.8) is 0 Å². The van der Waals surface area contributed by atoms with Crippen LogP contribution in [0.5, 0.6) is 0 Å². The lowest BCUT2D eigenvalue weighted by Crippen LogP contribution is -2.16. The largest absolute Gasteiger partial charge is 0.409 e. The summed E-state index contributed by atoms with van der Waals surface area (Å²) in [4.78, 5) is 4.28. The van der Waals surface area contributed by atoms with E-state index >= 15 is 0 Å². The van der Waals surface area contributed by atoms with E-state index in [1.807, 2.05) is 24.3 Å². The second-order valence-corrected chi connectivity index (χ2v) is 3.86. The first kappa shape index (κ1) is 11.1. The third-order valence-electron chi connectivity index (χ3n) is 2.67. The Hall–Kier alpha value is -2.96. The van der Waals surface area contributed by atoms with Gasteiger partial charge in [0, 0.05) is 0 Å². The van der Waals surface area contributed by atoms with Crippen molar-refractivity contribution in [1.82, 2.24) is 20.0 Å². The highest BCUT2D eigenvalue weighted by atomic mass is 16.4. The number of nitrogens with zero attached hydrogens (tertiary/aromatic N) is 5. The average Bonchev–Trinajstić information content (AvgIpc) is 2.90. The van der Waals surface area contributed by atoms with Gasteiger partial charge in [-0.2, -0.15) is 4.68 Å². The molecular formula is C12H10N6O. The number of oxime groups is 1. The van der Waals surface area contributed by atoms with Gasteiger partial charge in [0.25, 0.3) is 0 Å². The predicted molar refractivity (Wildman–Crippen MR) is 69.2 cm³/mol. The fourth-order valence-corrected chi connectivity index (χ4v) is 1.77. The first-order chi connectivity index (χ1) is 9.29. The van der Waals surface area contributed by atoms with E-state index in [0.29, 0.717) is 11.5 Å². The predicted octanol–water partition coefficient (Wildman–Crippen LogP) is 0.910. The molecule has 1 aromatic carbocycles. The molecule has 0 unspecified atom stereocenters. The Morgan fingerprint density at radius 1 is 1.16 bits per heavy atom. The molecule has 7 heteroatoms. The van der Waals surface area contributed by atoms with E-state index in [4.69, 9.17) is 10.9 Å². The van der Waals surface area contributed by atoms with Gasteiger partial charge in [-0.05, 0) is 24.3 Å². The van der Waals surface area contributed by atoms with Crippen molar-refractivity contribution in [2.24, 2.45) is 10.9 Å². The molecule has 3 rings (SSSR count). The standard InChI is InChI=1S/C12H10N6O/c13-12(16-19)9-5-3-7-11(14-9)18-10-6-2-1-4-8(10)15-17-18/h1-7,19H,(H2,13,16). The molecule has 3 N–H and O–H groups in total. The van der Waals surface area contributed by atoms with Crippen LogP contribution in [0.25, 0.3) is 16.9 Å². The molecule has 2 heterocycles. The Balaban J connectivity index is 2.17. The molecule has 0 aliphatic heterocycles. The number of amidine groups is 1. The Labute approximate surface area is 108 Å². The molecule has 0 bridgehead atoms. The number of para-hydroxylation sites is 1. The van der Waals surface area contributed by atoms with Crippen LogP contribution in [0.2, 0.25) is 0 Å². The molecule has 2 aromatic heterocycles. The van der Waals surface area contributed by atoms with Gasteiger partial charge in [0.15, 0.2) is 11.7 Å². The van der Waals surface area contributed by atoms with Crippen molar-refractivity contribution >= 4 is 16.9 Å². The summed E-state index contributed by atoms with van der Waals surface area (Å²) in [5.41, 5.74) is 7.51. The molecule has 0 spiro atoms. The first-order valence-electron chi connectivity index (χ1n) is 5.55. The second kappa shape index (κ2) is 4.37. The number of hydrogen-bond donors (Lipinski definition) is 2. The zero-order chi connectivity index (χ0) is 13.2. The maximum atomic E-state index is 8.67. The molecule has 0 aliphatic carbocycles. The molecule has 0 saturated heterocycles. The van der Waals surface area contributed by atoms with Gasteiger partial charge in [-0.15, -0.1) is 5.10 Å². The number of pyridine rings is 1. The van der Waals surface area contributed by atoms with Crippen molar-refractivity contribution in [2.45, 2.75) is 0 Å². The van der Waals surface area contributed by atoms with Crippen LogP contribution >= 0.6 is 0 Å². The van der Waals surface area contributed by atoms with Crippen LogP contribution in [0.4, 0.5) is 0 Å². The van der Waals surface area contributed by atoms with Gasteiger partial charge < -0.3 is 10.9 Å². The van der Waals surface area contributed by atoms with Crippen LogP contribution in [0.1, 0.15) is 5.69 Å². The Morgan fingerprint density at radius 3 is 2.84 bits per heavy atom. The maximum Gasteiger partial charge on any atom is 0.188 e. The van der Waals surface area contributed by atoms with Gasteiger partial charge in [-0.1, -0.05) is 28.6 Å². The number of aromatic nitrogens is 4. The molecule has 3 aromatic rings. The zero-order valence-corrected chi connectivity index (χ0v) is 9.80. The Bertz CT molecular complexity index is 764.